The molecule has 0 aliphatic rings. The first-order valence-electron chi connectivity index (χ1n) is 5.33. The minimum absolute atomic E-state index is 0. The van der Waals surface area contributed by atoms with E-state index in [1.54, 1.807) is 35.9 Å². The van der Waals surface area contributed by atoms with Gasteiger partial charge in [0.25, 0.3) is 0 Å². The summed E-state index contributed by atoms with van der Waals surface area (Å²) in [5, 5.41) is 12.8. The zero-order valence-corrected chi connectivity index (χ0v) is 11.3. The Balaban J connectivity index is 0.00000133. The molecule has 94 valence electrons. The summed E-state index contributed by atoms with van der Waals surface area (Å²) in [5.41, 5.74) is 2.37. The van der Waals surface area contributed by atoms with E-state index in [1.165, 1.54) is 0 Å². The first-order chi connectivity index (χ1) is 8.85. The molecule has 0 fully saturated rings. The highest BCUT2D eigenvalue weighted by Gasteiger charge is 2.03. The van der Waals surface area contributed by atoms with Crippen molar-refractivity contribution >= 4 is 44.8 Å². The number of anilines is 2. The zero-order chi connectivity index (χ0) is 12.4. The van der Waals surface area contributed by atoms with Crippen molar-refractivity contribution in [3.8, 4) is 6.07 Å². The number of hydrogen-bond acceptors (Lipinski definition) is 5. The molecule has 0 unspecified atom stereocenters. The van der Waals surface area contributed by atoms with E-state index in [-0.39, 0.29) is 12.4 Å². The van der Waals surface area contributed by atoms with Gasteiger partial charge < -0.3 is 5.32 Å². The normalized spacial score (nSPS) is 9.63. The van der Waals surface area contributed by atoms with E-state index in [9.17, 15) is 0 Å². The molecule has 0 radical (unpaired) electrons. The summed E-state index contributed by atoms with van der Waals surface area (Å²) in [4.78, 5) is 8.46. The molecule has 0 spiro atoms. The third-order valence-electron chi connectivity index (χ3n) is 2.43. The van der Waals surface area contributed by atoms with E-state index >= 15 is 0 Å². The number of fused-ring (bicyclic) bond motifs is 1. The number of nitriles is 1. The van der Waals surface area contributed by atoms with Gasteiger partial charge in [-0.25, -0.2) is 4.98 Å². The molecule has 0 atom stereocenters. The Bertz CT molecular complexity index is 714. The van der Waals surface area contributed by atoms with Gasteiger partial charge in [0, 0.05) is 11.9 Å². The van der Waals surface area contributed by atoms with Gasteiger partial charge in [-0.2, -0.15) is 5.26 Å². The Morgan fingerprint density at radius 1 is 1.26 bits per heavy atom. The van der Waals surface area contributed by atoms with E-state index < -0.39 is 0 Å². The molecule has 0 saturated heterocycles. The minimum Gasteiger partial charge on any atom is -0.331 e. The molecular weight excluding hydrogens is 280 g/mol. The molecule has 0 aliphatic carbocycles. The Morgan fingerprint density at radius 3 is 2.95 bits per heavy atom. The molecule has 1 N–H and O–H groups in total. The van der Waals surface area contributed by atoms with E-state index in [1.807, 2.05) is 18.2 Å². The summed E-state index contributed by atoms with van der Waals surface area (Å²) in [7, 11) is 0. The van der Waals surface area contributed by atoms with Gasteiger partial charge in [0.1, 0.15) is 5.52 Å². The molecule has 2 aromatic heterocycles. The first kappa shape index (κ1) is 13.3. The lowest BCUT2D eigenvalue weighted by atomic mass is 10.2. The van der Waals surface area contributed by atoms with Crippen molar-refractivity contribution in [3.05, 3.63) is 48.3 Å². The summed E-state index contributed by atoms with van der Waals surface area (Å²) in [6.07, 6.45) is 3.49. The molecular formula is C13H9ClN4S. The number of nitrogens with one attached hydrogen (secondary N) is 1. The topological polar surface area (TPSA) is 61.6 Å². The second-order valence-corrected chi connectivity index (χ2v) is 4.71. The van der Waals surface area contributed by atoms with Crippen molar-refractivity contribution in [1.29, 1.82) is 5.26 Å². The lowest BCUT2D eigenvalue weighted by Crippen LogP contribution is -1.89. The van der Waals surface area contributed by atoms with E-state index in [2.05, 4.69) is 21.4 Å². The predicted octanol–water partition coefficient (Wildman–Crippen LogP) is 3.73. The van der Waals surface area contributed by atoms with Crippen LogP contribution < -0.4 is 5.32 Å². The number of pyridine rings is 1. The summed E-state index contributed by atoms with van der Waals surface area (Å²) in [5.74, 6) is 0. The molecule has 1 aromatic carbocycles. The lowest BCUT2D eigenvalue weighted by molar-refractivity contribution is 1.33. The Hall–Kier alpha value is -2.16. The number of aromatic nitrogens is 2. The average molecular weight is 289 g/mol. The standard InChI is InChI=1S/C13H8N4S.ClH/c14-7-9-2-1-3-10(6-9)16-13-17-11-8-15-5-4-12(11)18-13;/h1-6,8H,(H,16,17);1H. The monoisotopic (exact) mass is 288 g/mol. The second-order valence-electron chi connectivity index (χ2n) is 3.68. The van der Waals surface area contributed by atoms with Crippen LogP contribution in [0, 0.1) is 11.3 Å². The fraction of sp³-hybridized carbons (Fsp3) is 0. The van der Waals surface area contributed by atoms with Crippen LogP contribution in [-0.2, 0) is 0 Å². The highest BCUT2D eigenvalue weighted by Crippen LogP contribution is 2.27. The molecule has 0 aliphatic heterocycles. The van der Waals surface area contributed by atoms with Crippen molar-refractivity contribution in [2.75, 3.05) is 5.32 Å². The van der Waals surface area contributed by atoms with Crippen LogP contribution in [0.4, 0.5) is 10.8 Å². The maximum absolute atomic E-state index is 8.84. The molecule has 4 nitrogen and oxygen atoms in total. The highest BCUT2D eigenvalue weighted by molar-refractivity contribution is 7.22. The van der Waals surface area contributed by atoms with Crippen molar-refractivity contribution < 1.29 is 0 Å². The van der Waals surface area contributed by atoms with Crippen LogP contribution in [0.25, 0.3) is 10.2 Å². The number of benzene rings is 1. The first-order valence-corrected chi connectivity index (χ1v) is 6.14. The molecule has 0 saturated carbocycles. The van der Waals surface area contributed by atoms with E-state index in [0.717, 1.165) is 21.0 Å². The van der Waals surface area contributed by atoms with Gasteiger partial charge in [0.15, 0.2) is 5.13 Å². The van der Waals surface area contributed by atoms with Crippen LogP contribution in [-0.4, -0.2) is 9.97 Å². The van der Waals surface area contributed by atoms with Crippen LogP contribution >= 0.6 is 23.7 Å². The Labute approximate surface area is 120 Å². The number of nitrogens with zero attached hydrogens (tertiary/aromatic N) is 3. The van der Waals surface area contributed by atoms with Gasteiger partial charge in [-0.05, 0) is 24.3 Å². The minimum atomic E-state index is 0. The van der Waals surface area contributed by atoms with Crippen LogP contribution in [0.2, 0.25) is 0 Å². The SMILES string of the molecule is Cl.N#Cc1cccc(Nc2nc3cnccc3s2)c1. The van der Waals surface area contributed by atoms with Gasteiger partial charge >= 0.3 is 0 Å². The molecule has 19 heavy (non-hydrogen) atoms. The maximum atomic E-state index is 8.84. The van der Waals surface area contributed by atoms with Gasteiger partial charge in [-0.3, -0.25) is 4.98 Å². The van der Waals surface area contributed by atoms with Crippen LogP contribution in [0.1, 0.15) is 5.56 Å². The number of halogens is 1. The van der Waals surface area contributed by atoms with Crippen LogP contribution in [0.15, 0.2) is 42.7 Å². The maximum Gasteiger partial charge on any atom is 0.188 e. The van der Waals surface area contributed by atoms with E-state index in [4.69, 9.17) is 5.26 Å². The highest BCUT2D eigenvalue weighted by atomic mass is 35.5. The van der Waals surface area contributed by atoms with Gasteiger partial charge in [-0.15, -0.1) is 12.4 Å². The summed E-state index contributed by atoms with van der Waals surface area (Å²) in [6.45, 7) is 0. The Kier molecular flexibility index (Phi) is 3.95. The molecule has 0 amide bonds. The van der Waals surface area contributed by atoms with Crippen LogP contribution in [0.3, 0.4) is 0 Å². The summed E-state index contributed by atoms with van der Waals surface area (Å²) >= 11 is 1.56. The van der Waals surface area contributed by atoms with Gasteiger partial charge in [0.05, 0.1) is 22.5 Å². The van der Waals surface area contributed by atoms with E-state index in [0.29, 0.717) is 5.56 Å². The average Bonchev–Trinajstić information content (AvgIpc) is 2.81. The van der Waals surface area contributed by atoms with Crippen LogP contribution in [0.5, 0.6) is 0 Å². The second kappa shape index (κ2) is 5.65. The third kappa shape index (κ3) is 2.81. The molecule has 6 heteroatoms. The fourth-order valence-corrected chi connectivity index (χ4v) is 2.48. The predicted molar refractivity (Wildman–Crippen MR) is 79.1 cm³/mol. The van der Waals surface area contributed by atoms with Crippen molar-refractivity contribution in [3.63, 3.8) is 0 Å². The number of thiazole rings is 1. The largest absolute Gasteiger partial charge is 0.331 e. The molecule has 3 aromatic rings. The fourth-order valence-electron chi connectivity index (χ4n) is 1.62. The number of rotatable bonds is 2. The summed E-state index contributed by atoms with van der Waals surface area (Å²) in [6, 6.07) is 11.4. The zero-order valence-electron chi connectivity index (χ0n) is 9.70. The lowest BCUT2D eigenvalue weighted by Gasteiger charge is -2.01. The quantitative estimate of drug-likeness (QED) is 0.780. The van der Waals surface area contributed by atoms with Crippen molar-refractivity contribution in [2.24, 2.45) is 0 Å². The molecule has 2 heterocycles. The van der Waals surface area contributed by atoms with Gasteiger partial charge in [0.2, 0.25) is 0 Å². The third-order valence-corrected chi connectivity index (χ3v) is 3.38. The molecule has 3 rings (SSSR count). The van der Waals surface area contributed by atoms with Crippen molar-refractivity contribution in [2.45, 2.75) is 0 Å². The van der Waals surface area contributed by atoms with Crippen molar-refractivity contribution in [1.82, 2.24) is 9.97 Å². The smallest absolute Gasteiger partial charge is 0.188 e. The van der Waals surface area contributed by atoms with Gasteiger partial charge in [-0.1, -0.05) is 17.4 Å². The summed E-state index contributed by atoms with van der Waals surface area (Å²) < 4.78 is 1.09. The number of hydrogen-bond donors (Lipinski definition) is 1. The Morgan fingerprint density at radius 2 is 2.16 bits per heavy atom. The molecule has 0 bridgehead atoms.